The van der Waals surface area contributed by atoms with Gasteiger partial charge < -0.3 is 100 Å². The maximum Gasteiger partial charge on any atom is 0.303 e. The van der Waals surface area contributed by atoms with Crippen LogP contribution < -0.4 is 5.32 Å². The van der Waals surface area contributed by atoms with Gasteiger partial charge in [-0.1, -0.05) is 17.7 Å². The number of nitrogens with one attached hydrogen (secondary N) is 1. The van der Waals surface area contributed by atoms with E-state index < -0.39 is 227 Å². The number of benzene rings is 1. The molecule has 0 bridgehead atoms. The fourth-order valence-corrected chi connectivity index (χ4v) is 10.0. The Morgan fingerprint density at radius 2 is 0.527 bits per heavy atom. The minimum Gasteiger partial charge on any atom is -0.463 e. The van der Waals surface area contributed by atoms with E-state index in [2.05, 4.69) is 5.32 Å². The standard InChI is InChI=1S/C57H75NO33/c1-23-15-17-37(18-16-23)58-54-50(81-33(11)68)46(77-29(7)64)43(38(85-54)19-72-24(2)59)89-56-52(83-35(13)70)48(79-31(9)66)45(40(87-56)21-74-26(4)61)91-57-53(84-36(14)71)49(80-32(10)67)44(41(88-57)22-75-27(5)62)90-55-51(82-34(12)69)47(78-30(8)65)42(76-28(6)63)39(86-55)20-73-25(3)60/h15-18,38-58H,19-22H2,1-14H3/t38?,39-,40?,41?,42-,43?,44?,45?,46?,47+,48?,49?,50?,51-,52?,53?,54?,55?,56?,57?/m1/s1. The molecule has 0 radical (unpaired) electrons. The average molecular weight is 1300 g/mol. The lowest BCUT2D eigenvalue weighted by atomic mass is 9.94. The summed E-state index contributed by atoms with van der Waals surface area (Å²) < 4.78 is 118. The number of carbonyl (C=O) groups is 13. The lowest BCUT2D eigenvalue weighted by Crippen LogP contribution is -2.69. The van der Waals surface area contributed by atoms with E-state index >= 15 is 0 Å². The summed E-state index contributed by atoms with van der Waals surface area (Å²) >= 11 is 0. The predicted octanol–water partition coefficient (Wildman–Crippen LogP) is 0.0998. The highest BCUT2D eigenvalue weighted by atomic mass is 16.8. The minimum absolute atomic E-state index is 0.411. The molecule has 0 aliphatic carbocycles. The Kier molecular flexibility index (Phi) is 27.3. The highest BCUT2D eigenvalue weighted by Gasteiger charge is 2.62. The zero-order valence-electron chi connectivity index (χ0n) is 52.2. The number of hydrogen-bond donors (Lipinski definition) is 1. The van der Waals surface area contributed by atoms with Gasteiger partial charge in [-0.25, -0.2) is 0 Å². The van der Waals surface area contributed by atoms with Crippen LogP contribution in [0.4, 0.5) is 5.69 Å². The second-order valence-electron chi connectivity index (χ2n) is 20.9. The summed E-state index contributed by atoms with van der Waals surface area (Å²) in [5.74, 6) is -13.1. The number of carbonyl (C=O) groups excluding carboxylic acids is 13. The van der Waals surface area contributed by atoms with E-state index in [0.717, 1.165) is 95.6 Å². The van der Waals surface area contributed by atoms with Crippen molar-refractivity contribution in [3.05, 3.63) is 29.8 Å². The van der Waals surface area contributed by atoms with E-state index in [1.165, 1.54) is 0 Å². The van der Waals surface area contributed by atoms with Crippen LogP contribution in [0.15, 0.2) is 24.3 Å². The van der Waals surface area contributed by atoms with Gasteiger partial charge in [-0.3, -0.25) is 62.3 Å². The van der Waals surface area contributed by atoms with Crippen LogP contribution in [-0.2, 0) is 157 Å². The van der Waals surface area contributed by atoms with Crippen molar-refractivity contribution in [3.63, 3.8) is 0 Å². The fourth-order valence-electron chi connectivity index (χ4n) is 10.0. The third-order valence-corrected chi connectivity index (χ3v) is 13.2. The molecule has 4 aliphatic heterocycles. The monoisotopic (exact) mass is 1300 g/mol. The van der Waals surface area contributed by atoms with Crippen molar-refractivity contribution in [2.24, 2.45) is 0 Å². The minimum atomic E-state index is -2.21. The van der Waals surface area contributed by atoms with E-state index in [9.17, 15) is 62.3 Å². The molecule has 4 saturated heterocycles. The van der Waals surface area contributed by atoms with Gasteiger partial charge in [0.15, 0.2) is 80.0 Å². The highest BCUT2D eigenvalue weighted by Crippen LogP contribution is 2.40. The van der Waals surface area contributed by atoms with Crippen LogP contribution in [0.25, 0.3) is 0 Å². The second-order valence-corrected chi connectivity index (χ2v) is 20.9. The molecular formula is C57H75NO33. The molecule has 4 aliphatic rings. The summed E-state index contributed by atoms with van der Waals surface area (Å²) in [6, 6.07) is 6.81. The molecule has 34 nitrogen and oxygen atoms in total. The Labute approximate surface area is 520 Å². The molecule has 0 saturated carbocycles. The quantitative estimate of drug-likeness (QED) is 0.100. The van der Waals surface area contributed by atoms with Gasteiger partial charge in [-0.05, 0) is 19.1 Å². The number of esters is 13. The Morgan fingerprint density at radius 1 is 0.297 bits per heavy atom. The molecule has 91 heavy (non-hydrogen) atoms. The summed E-state index contributed by atoms with van der Waals surface area (Å²) in [6.07, 6.45) is -37.6. The molecule has 4 heterocycles. The maximum atomic E-state index is 13.4. The van der Waals surface area contributed by atoms with E-state index in [-0.39, 0.29) is 0 Å². The van der Waals surface area contributed by atoms with Crippen LogP contribution in [0.2, 0.25) is 0 Å². The third-order valence-electron chi connectivity index (χ3n) is 13.2. The lowest BCUT2D eigenvalue weighted by molar-refractivity contribution is -0.385. The van der Waals surface area contributed by atoms with E-state index in [1.54, 1.807) is 24.3 Å². The van der Waals surface area contributed by atoms with Gasteiger partial charge in [0.05, 0.1) is 0 Å². The van der Waals surface area contributed by atoms with Gasteiger partial charge in [0.2, 0.25) is 0 Å². The molecule has 0 amide bonds. The number of anilines is 1. The third kappa shape index (κ3) is 22.0. The molecule has 0 spiro atoms. The van der Waals surface area contributed by atoms with Gasteiger partial charge in [0.1, 0.15) is 69.2 Å². The number of rotatable bonds is 25. The fraction of sp³-hybridized carbons (Fsp3) is 0.667. The second kappa shape index (κ2) is 33.8. The molecule has 16 unspecified atom stereocenters. The molecule has 1 aromatic rings. The largest absolute Gasteiger partial charge is 0.463 e. The van der Waals surface area contributed by atoms with Gasteiger partial charge in [-0.2, -0.15) is 0 Å². The first-order valence-electron chi connectivity index (χ1n) is 28.2. The topological polar surface area (TPSA) is 419 Å². The first-order chi connectivity index (χ1) is 42.7. The van der Waals surface area contributed by atoms with Crippen LogP contribution in [0.5, 0.6) is 0 Å². The summed E-state index contributed by atoms with van der Waals surface area (Å²) in [6.45, 7) is 11.3. The van der Waals surface area contributed by atoms with Crippen LogP contribution in [0.3, 0.4) is 0 Å². The molecule has 34 heteroatoms. The molecule has 1 aromatic carbocycles. The van der Waals surface area contributed by atoms with Crippen molar-refractivity contribution in [3.8, 4) is 0 Å². The van der Waals surface area contributed by atoms with Crippen molar-refractivity contribution in [2.45, 2.75) is 220 Å². The summed E-state index contributed by atoms with van der Waals surface area (Å²) in [4.78, 5) is 168. The summed E-state index contributed by atoms with van der Waals surface area (Å²) in [5.41, 5.74) is 1.28. The van der Waals surface area contributed by atoms with E-state index in [0.29, 0.717) is 5.69 Å². The lowest BCUT2D eigenvalue weighted by Gasteiger charge is -2.51. The smallest absolute Gasteiger partial charge is 0.303 e. The Morgan fingerprint density at radius 3 is 0.813 bits per heavy atom. The molecular weight excluding hydrogens is 1230 g/mol. The van der Waals surface area contributed by atoms with Crippen LogP contribution in [0, 0.1) is 6.92 Å². The highest BCUT2D eigenvalue weighted by molar-refractivity contribution is 5.71. The number of aryl methyl sites for hydroxylation is 1. The zero-order chi connectivity index (χ0) is 67.7. The molecule has 506 valence electrons. The molecule has 1 N–H and O–H groups in total. The van der Waals surface area contributed by atoms with Gasteiger partial charge in [0, 0.05) is 95.7 Å². The van der Waals surface area contributed by atoms with Gasteiger partial charge in [-0.15, -0.1) is 0 Å². The van der Waals surface area contributed by atoms with E-state index in [1.807, 2.05) is 6.92 Å². The van der Waals surface area contributed by atoms with Gasteiger partial charge >= 0.3 is 77.6 Å². The van der Waals surface area contributed by atoms with Crippen molar-refractivity contribution < 1.29 is 157 Å². The molecule has 20 atom stereocenters. The first-order valence-corrected chi connectivity index (χ1v) is 28.2. The van der Waals surface area contributed by atoms with Crippen molar-refractivity contribution in [2.75, 3.05) is 31.7 Å². The number of ether oxygens (including phenoxy) is 20. The Balaban J connectivity index is 1.70. The van der Waals surface area contributed by atoms with Crippen LogP contribution >= 0.6 is 0 Å². The molecule has 0 aromatic heterocycles. The molecule has 5 rings (SSSR count). The SMILES string of the molecule is CC(=O)OCC1OC(Nc2ccc(C)cc2)C(OC(C)=O)C(OC(C)=O)C1OC1OC(COC(C)=O)C(OC2OC(COC(C)=O)C(OC3O[C@H](COC(C)=O)[C@@H](OC(C)=O)[C@H](OC(C)=O)[C@H]3OC(C)=O)C(OC(C)=O)C2OC(C)=O)C(OC(C)=O)C1OC(C)=O. The Bertz CT molecular complexity index is 2790. The maximum absolute atomic E-state index is 13.4. The predicted molar refractivity (Wildman–Crippen MR) is 291 cm³/mol. The summed E-state index contributed by atoms with van der Waals surface area (Å²) in [5, 5.41) is 3.07. The van der Waals surface area contributed by atoms with Crippen molar-refractivity contribution >= 4 is 83.3 Å². The zero-order valence-corrected chi connectivity index (χ0v) is 52.2. The van der Waals surface area contributed by atoms with Crippen LogP contribution in [0.1, 0.15) is 95.6 Å². The first kappa shape index (κ1) is 73.6. The van der Waals surface area contributed by atoms with Crippen LogP contribution in [-0.4, -0.2) is 227 Å². The van der Waals surface area contributed by atoms with E-state index in [4.69, 9.17) is 94.7 Å². The van der Waals surface area contributed by atoms with Crippen molar-refractivity contribution in [1.82, 2.24) is 0 Å². The average Bonchev–Trinajstić information content (AvgIpc) is 0.779. The normalized spacial score (nSPS) is 31.0. The summed E-state index contributed by atoms with van der Waals surface area (Å²) in [7, 11) is 0. The number of hydrogen-bond acceptors (Lipinski definition) is 34. The van der Waals surface area contributed by atoms with Gasteiger partial charge in [0.25, 0.3) is 0 Å². The Hall–Kier alpha value is -8.15. The molecule has 4 fully saturated rings. The van der Waals surface area contributed by atoms with Crippen molar-refractivity contribution in [1.29, 1.82) is 0 Å².